The SMILES string of the molecule is CC[C@@H](Nc1c(NC2=CC=C(Cl)C(S(=O)(=O)N(C)OC)C2O)c(=O)c1=O)c1ccccn1. The number of sulfonamides is 1. The van der Waals surface area contributed by atoms with E-state index in [0.29, 0.717) is 16.6 Å². The van der Waals surface area contributed by atoms with Crippen LogP contribution in [0.5, 0.6) is 0 Å². The largest absolute Gasteiger partial charge is 0.385 e. The highest BCUT2D eigenvalue weighted by atomic mass is 35.5. The van der Waals surface area contributed by atoms with Crippen molar-refractivity contribution in [2.75, 3.05) is 24.8 Å². The van der Waals surface area contributed by atoms with Gasteiger partial charge in [-0.3, -0.25) is 19.4 Å². The number of anilines is 2. The van der Waals surface area contributed by atoms with E-state index in [1.54, 1.807) is 18.3 Å². The van der Waals surface area contributed by atoms with Crippen LogP contribution >= 0.6 is 11.6 Å². The van der Waals surface area contributed by atoms with Crippen molar-refractivity contribution in [2.24, 2.45) is 0 Å². The molecule has 1 aromatic carbocycles. The van der Waals surface area contributed by atoms with Crippen LogP contribution in [0, 0.1) is 0 Å². The molecule has 0 amide bonds. The van der Waals surface area contributed by atoms with Crippen LogP contribution in [0.15, 0.2) is 56.9 Å². The summed E-state index contributed by atoms with van der Waals surface area (Å²) >= 11 is 6.06. The zero-order valence-corrected chi connectivity index (χ0v) is 19.1. The first kappa shape index (κ1) is 24.1. The molecule has 2 aromatic rings. The van der Waals surface area contributed by atoms with E-state index in [1.807, 2.05) is 13.0 Å². The van der Waals surface area contributed by atoms with Gasteiger partial charge in [0.2, 0.25) is 10.0 Å². The molecule has 3 atom stereocenters. The third kappa shape index (κ3) is 4.34. The maximum atomic E-state index is 12.7. The fourth-order valence-corrected chi connectivity index (χ4v) is 5.18. The minimum absolute atomic E-state index is 0.00601. The Kier molecular flexibility index (Phi) is 7.16. The normalized spacial score (nSPS) is 20.1. The number of nitrogens with one attached hydrogen (secondary N) is 2. The molecular weight excluding hydrogens is 460 g/mol. The summed E-state index contributed by atoms with van der Waals surface area (Å²) in [5.74, 6) is 0. The van der Waals surface area contributed by atoms with Crippen LogP contribution in [-0.2, 0) is 14.9 Å². The van der Waals surface area contributed by atoms with E-state index in [9.17, 15) is 23.1 Å². The Morgan fingerprint density at radius 3 is 2.53 bits per heavy atom. The van der Waals surface area contributed by atoms with Crippen LogP contribution in [0.4, 0.5) is 11.4 Å². The molecule has 0 fully saturated rings. The maximum absolute atomic E-state index is 12.7. The second kappa shape index (κ2) is 9.51. The lowest BCUT2D eigenvalue weighted by atomic mass is 10.0. The molecule has 1 aliphatic rings. The van der Waals surface area contributed by atoms with Gasteiger partial charge in [0, 0.05) is 24.0 Å². The highest BCUT2D eigenvalue weighted by Gasteiger charge is 2.42. The Balaban J connectivity index is 1.88. The summed E-state index contributed by atoms with van der Waals surface area (Å²) in [6.07, 6.45) is 3.22. The fourth-order valence-electron chi connectivity index (χ4n) is 3.30. The first-order chi connectivity index (χ1) is 15.1. The van der Waals surface area contributed by atoms with Crippen molar-refractivity contribution in [3.63, 3.8) is 0 Å². The second-order valence-corrected chi connectivity index (χ2v) is 9.56. The molecular formula is C20H23ClN4O6S. The molecule has 172 valence electrons. The number of rotatable bonds is 9. The van der Waals surface area contributed by atoms with Crippen molar-refractivity contribution < 1.29 is 18.4 Å². The number of allylic oxidation sites excluding steroid dienone is 2. The molecule has 0 bridgehead atoms. The van der Waals surface area contributed by atoms with E-state index < -0.39 is 32.2 Å². The van der Waals surface area contributed by atoms with Crippen LogP contribution in [0.3, 0.4) is 0 Å². The monoisotopic (exact) mass is 482 g/mol. The van der Waals surface area contributed by atoms with Crippen molar-refractivity contribution in [2.45, 2.75) is 30.7 Å². The zero-order valence-electron chi connectivity index (χ0n) is 17.6. The van der Waals surface area contributed by atoms with E-state index in [-0.39, 0.29) is 28.1 Å². The minimum Gasteiger partial charge on any atom is -0.385 e. The Bertz CT molecular complexity index is 1220. The molecule has 0 saturated heterocycles. The van der Waals surface area contributed by atoms with Crippen LogP contribution in [-0.4, -0.2) is 48.5 Å². The topological polar surface area (TPSA) is 138 Å². The zero-order chi connectivity index (χ0) is 23.6. The van der Waals surface area contributed by atoms with Gasteiger partial charge in [0.25, 0.3) is 10.9 Å². The number of nitrogens with zero attached hydrogens (tertiary/aromatic N) is 2. The number of pyridine rings is 1. The van der Waals surface area contributed by atoms with Gasteiger partial charge < -0.3 is 15.7 Å². The fraction of sp³-hybridized carbons (Fsp3) is 0.350. The van der Waals surface area contributed by atoms with Crippen molar-refractivity contribution in [1.82, 2.24) is 9.45 Å². The van der Waals surface area contributed by atoms with Crippen molar-refractivity contribution >= 4 is 33.0 Å². The van der Waals surface area contributed by atoms with Gasteiger partial charge in [0.15, 0.2) is 0 Å². The molecule has 0 saturated carbocycles. The predicted molar refractivity (Wildman–Crippen MR) is 121 cm³/mol. The molecule has 10 nitrogen and oxygen atoms in total. The molecule has 0 radical (unpaired) electrons. The van der Waals surface area contributed by atoms with Crippen LogP contribution < -0.4 is 21.5 Å². The highest BCUT2D eigenvalue weighted by Crippen LogP contribution is 2.32. The molecule has 32 heavy (non-hydrogen) atoms. The lowest BCUT2D eigenvalue weighted by Gasteiger charge is -2.31. The van der Waals surface area contributed by atoms with E-state index in [4.69, 9.17) is 16.4 Å². The summed E-state index contributed by atoms with van der Waals surface area (Å²) in [5.41, 5.74) is -0.856. The van der Waals surface area contributed by atoms with Crippen LogP contribution in [0.2, 0.25) is 0 Å². The Labute approximate surface area is 189 Å². The van der Waals surface area contributed by atoms with Crippen molar-refractivity contribution in [1.29, 1.82) is 0 Å². The number of hydrogen-bond acceptors (Lipinski definition) is 9. The van der Waals surface area contributed by atoms with Crippen molar-refractivity contribution in [3.8, 4) is 0 Å². The Morgan fingerprint density at radius 1 is 1.25 bits per heavy atom. The van der Waals surface area contributed by atoms with Gasteiger partial charge in [-0.05, 0) is 30.7 Å². The average molecular weight is 483 g/mol. The minimum atomic E-state index is -4.18. The summed E-state index contributed by atoms with van der Waals surface area (Å²) in [6, 6.07) is 5.04. The van der Waals surface area contributed by atoms with Crippen LogP contribution in [0.25, 0.3) is 0 Å². The molecule has 12 heteroatoms. The van der Waals surface area contributed by atoms with Crippen molar-refractivity contribution in [3.05, 3.63) is 73.4 Å². The second-order valence-electron chi connectivity index (χ2n) is 7.07. The summed E-state index contributed by atoms with van der Waals surface area (Å²) in [4.78, 5) is 33.5. The van der Waals surface area contributed by atoms with Gasteiger partial charge in [-0.2, -0.15) is 0 Å². The average Bonchev–Trinajstić information content (AvgIpc) is 2.79. The summed E-state index contributed by atoms with van der Waals surface area (Å²) in [6.45, 7) is 1.90. The smallest absolute Gasteiger partial charge is 0.253 e. The third-order valence-electron chi connectivity index (χ3n) is 5.19. The van der Waals surface area contributed by atoms with E-state index >= 15 is 0 Å². The molecule has 1 aliphatic carbocycles. The van der Waals surface area contributed by atoms with Gasteiger partial charge in [-0.25, -0.2) is 8.42 Å². The predicted octanol–water partition coefficient (Wildman–Crippen LogP) is 1.23. The Morgan fingerprint density at radius 2 is 1.94 bits per heavy atom. The quantitative estimate of drug-likeness (QED) is 0.355. The number of halogens is 1. The number of aliphatic hydroxyl groups excluding tert-OH is 1. The third-order valence-corrected chi connectivity index (χ3v) is 7.70. The van der Waals surface area contributed by atoms with Gasteiger partial charge in [0.05, 0.1) is 18.8 Å². The van der Waals surface area contributed by atoms with Gasteiger partial charge >= 0.3 is 0 Å². The van der Waals surface area contributed by atoms with E-state index in [0.717, 1.165) is 7.11 Å². The van der Waals surface area contributed by atoms with Crippen LogP contribution in [0.1, 0.15) is 25.1 Å². The molecule has 1 aromatic heterocycles. The first-order valence-electron chi connectivity index (χ1n) is 9.68. The van der Waals surface area contributed by atoms with E-state index in [2.05, 4.69) is 15.6 Å². The first-order valence-corrected chi connectivity index (χ1v) is 11.6. The molecule has 0 spiro atoms. The van der Waals surface area contributed by atoms with E-state index in [1.165, 1.54) is 19.2 Å². The highest BCUT2D eigenvalue weighted by molar-refractivity contribution is 7.89. The lowest BCUT2D eigenvalue weighted by Crippen LogP contribution is -2.46. The Hall–Kier alpha value is -2.57. The van der Waals surface area contributed by atoms with Gasteiger partial charge in [-0.1, -0.05) is 29.1 Å². The summed E-state index contributed by atoms with van der Waals surface area (Å²) in [7, 11) is -1.85. The molecule has 0 aliphatic heterocycles. The standard InChI is InChI=1S/C20H23ClN4O6S/c1-4-12(13-7-5-6-10-22-13)23-15-16(19(28)18(15)27)24-14-9-8-11(21)20(17(14)26)32(29,30)25(2)31-3/h5-10,12,17,20,23-24,26H,4H2,1-3H3/t12-,17?,20?/m1/s1. The number of aliphatic hydroxyl groups is 1. The molecule has 3 N–H and O–H groups in total. The molecule has 2 unspecified atom stereocenters. The summed E-state index contributed by atoms with van der Waals surface area (Å²) in [5, 5.41) is 14.8. The lowest BCUT2D eigenvalue weighted by molar-refractivity contribution is -0.0275. The molecule has 3 rings (SSSR count). The number of hydrogen-bond donors (Lipinski definition) is 3. The maximum Gasteiger partial charge on any atom is 0.253 e. The van der Waals surface area contributed by atoms with Gasteiger partial charge in [-0.15, -0.1) is 0 Å². The number of hydroxylamine groups is 1. The molecule has 1 heterocycles. The number of aromatic nitrogens is 1. The van der Waals surface area contributed by atoms with Gasteiger partial charge in [0.1, 0.15) is 22.7 Å². The summed E-state index contributed by atoms with van der Waals surface area (Å²) < 4.78 is 26.0.